The smallest absolute Gasteiger partial charge is 0.259 e. The van der Waals surface area contributed by atoms with Gasteiger partial charge in [0.15, 0.2) is 0 Å². The molecule has 3 heterocycles. The van der Waals surface area contributed by atoms with E-state index in [4.69, 9.17) is 9.15 Å². The van der Waals surface area contributed by atoms with Crippen LogP contribution in [0.15, 0.2) is 57.9 Å². The topological polar surface area (TPSA) is 88.2 Å². The van der Waals surface area contributed by atoms with Crippen molar-refractivity contribution in [1.82, 2.24) is 14.4 Å². The number of hydrogen-bond donors (Lipinski definition) is 1. The van der Waals surface area contributed by atoms with Crippen LogP contribution in [0.5, 0.6) is 11.5 Å². The molecule has 1 N–H and O–H groups in total. The van der Waals surface area contributed by atoms with E-state index in [1.807, 2.05) is 25.1 Å². The number of furan rings is 1. The summed E-state index contributed by atoms with van der Waals surface area (Å²) in [6, 6.07) is 11.9. The normalized spacial score (nSPS) is 14.9. The molecule has 0 fully saturated rings. The number of carbonyl (C=O) groups excluding carboxylic acids is 1. The molecule has 33 heavy (non-hydrogen) atoms. The summed E-state index contributed by atoms with van der Waals surface area (Å²) in [5.41, 5.74) is 1.91. The molecule has 1 aromatic carbocycles. The second-order valence-corrected chi connectivity index (χ2v) is 8.33. The van der Waals surface area contributed by atoms with Crippen molar-refractivity contribution in [2.45, 2.75) is 32.5 Å². The predicted octanol–water partition coefficient (Wildman–Crippen LogP) is 3.05. The number of nitrogens with zero attached hydrogens (tertiary/aromatic N) is 3. The van der Waals surface area contributed by atoms with E-state index in [-0.39, 0.29) is 29.0 Å². The summed E-state index contributed by atoms with van der Waals surface area (Å²) in [6.45, 7) is 4.33. The Bertz CT molecular complexity index is 1190. The van der Waals surface area contributed by atoms with E-state index in [2.05, 4.69) is 4.90 Å². The summed E-state index contributed by atoms with van der Waals surface area (Å²) in [6.07, 6.45) is 2.11. The van der Waals surface area contributed by atoms with Crippen molar-refractivity contribution >= 4 is 5.91 Å². The van der Waals surface area contributed by atoms with Crippen molar-refractivity contribution in [3.8, 4) is 11.5 Å². The van der Waals surface area contributed by atoms with Crippen molar-refractivity contribution in [1.29, 1.82) is 0 Å². The van der Waals surface area contributed by atoms with Crippen molar-refractivity contribution in [2.24, 2.45) is 0 Å². The zero-order valence-corrected chi connectivity index (χ0v) is 19.2. The molecule has 0 spiro atoms. The van der Waals surface area contributed by atoms with E-state index in [0.29, 0.717) is 49.6 Å². The summed E-state index contributed by atoms with van der Waals surface area (Å²) in [4.78, 5) is 30.3. The predicted molar refractivity (Wildman–Crippen MR) is 124 cm³/mol. The molecule has 174 valence electrons. The van der Waals surface area contributed by atoms with E-state index in [1.54, 1.807) is 41.0 Å². The zero-order chi connectivity index (χ0) is 23.5. The highest BCUT2D eigenvalue weighted by atomic mass is 16.5. The number of amides is 1. The molecule has 0 radical (unpaired) electrons. The maximum Gasteiger partial charge on any atom is 0.259 e. The Morgan fingerprint density at radius 1 is 1.21 bits per heavy atom. The highest BCUT2D eigenvalue weighted by molar-refractivity contribution is 5.98. The number of pyridine rings is 1. The van der Waals surface area contributed by atoms with Gasteiger partial charge in [-0.15, -0.1) is 0 Å². The Kier molecular flexibility index (Phi) is 6.55. The molecule has 1 amide bonds. The fourth-order valence-electron chi connectivity index (χ4n) is 4.33. The molecule has 8 nitrogen and oxygen atoms in total. The average molecular weight is 452 g/mol. The molecular formula is C25H29N3O5. The molecule has 0 saturated carbocycles. The number of methoxy groups -OCH3 is 1. The highest BCUT2D eigenvalue weighted by Gasteiger charge is 2.29. The second-order valence-electron chi connectivity index (χ2n) is 8.33. The van der Waals surface area contributed by atoms with E-state index >= 15 is 0 Å². The van der Waals surface area contributed by atoms with Crippen molar-refractivity contribution in [3.63, 3.8) is 0 Å². The number of ether oxygens (including phenoxy) is 1. The standard InChI is InChI=1S/C25H29N3O5/c1-17(21-8-5-13-33-21)26(2)25(31)24-20-9-10-27(16-18-6-4-7-19(29)14-18)11-12-28(20)23(30)15-22(24)32-3/h4-8,13-15,17,29H,9-12,16H2,1-3H3/t17-/m1/s1. The number of aromatic hydroxyl groups is 1. The lowest BCUT2D eigenvalue weighted by molar-refractivity contribution is 0.0720. The van der Waals surface area contributed by atoms with Crippen LogP contribution in [-0.4, -0.2) is 52.6 Å². The number of hydrogen-bond acceptors (Lipinski definition) is 6. The minimum atomic E-state index is -0.280. The minimum Gasteiger partial charge on any atom is -0.508 e. The third-order valence-corrected chi connectivity index (χ3v) is 6.29. The number of phenolic OH excluding ortho intramolecular Hbond substituents is 1. The first-order chi connectivity index (χ1) is 15.9. The fourth-order valence-corrected chi connectivity index (χ4v) is 4.33. The SMILES string of the molecule is COc1cc(=O)n2c(c1C(=O)N(C)[C@H](C)c1ccco1)CCN(Cc1cccc(O)c1)CC2. The minimum absolute atomic E-state index is 0.181. The molecule has 0 unspecified atom stereocenters. The number of aromatic nitrogens is 1. The van der Waals surface area contributed by atoms with Crippen LogP contribution < -0.4 is 10.3 Å². The molecular weight excluding hydrogens is 422 g/mol. The van der Waals surface area contributed by atoms with Gasteiger partial charge in [-0.25, -0.2) is 0 Å². The number of benzene rings is 1. The third-order valence-electron chi connectivity index (χ3n) is 6.29. The van der Waals surface area contributed by atoms with Gasteiger partial charge >= 0.3 is 0 Å². The first kappa shape index (κ1) is 22.7. The molecule has 0 bridgehead atoms. The summed E-state index contributed by atoms with van der Waals surface area (Å²) < 4.78 is 12.7. The summed E-state index contributed by atoms with van der Waals surface area (Å²) in [5, 5.41) is 9.77. The number of fused-ring (bicyclic) bond motifs is 1. The summed E-state index contributed by atoms with van der Waals surface area (Å²) in [7, 11) is 3.20. The molecule has 1 aliphatic rings. The molecule has 8 heteroatoms. The van der Waals surface area contributed by atoms with Gasteiger partial charge in [0.2, 0.25) is 0 Å². The van der Waals surface area contributed by atoms with Gasteiger partial charge in [-0.3, -0.25) is 14.5 Å². The first-order valence-corrected chi connectivity index (χ1v) is 11.0. The van der Waals surface area contributed by atoms with Gasteiger partial charge in [0.25, 0.3) is 11.5 Å². The molecule has 3 aromatic rings. The maximum absolute atomic E-state index is 13.6. The fraction of sp³-hybridized carbons (Fsp3) is 0.360. The molecule has 2 aromatic heterocycles. The Hall–Kier alpha value is -3.52. The molecule has 0 aliphatic carbocycles. The largest absolute Gasteiger partial charge is 0.508 e. The van der Waals surface area contributed by atoms with E-state index in [9.17, 15) is 14.7 Å². The van der Waals surface area contributed by atoms with Crippen LogP contribution in [0.2, 0.25) is 0 Å². The number of carbonyl (C=O) groups is 1. The Balaban J connectivity index is 1.64. The zero-order valence-electron chi connectivity index (χ0n) is 19.2. The van der Waals surface area contributed by atoms with Crippen LogP contribution in [0, 0.1) is 0 Å². The summed E-state index contributed by atoms with van der Waals surface area (Å²) >= 11 is 0. The second kappa shape index (κ2) is 9.54. The highest BCUT2D eigenvalue weighted by Crippen LogP contribution is 2.28. The third kappa shape index (κ3) is 4.66. The van der Waals surface area contributed by atoms with Gasteiger partial charge in [-0.1, -0.05) is 12.1 Å². The number of phenols is 1. The van der Waals surface area contributed by atoms with Crippen LogP contribution >= 0.6 is 0 Å². The van der Waals surface area contributed by atoms with Gasteiger partial charge in [0.1, 0.15) is 22.8 Å². The quantitative estimate of drug-likeness (QED) is 0.620. The van der Waals surface area contributed by atoms with E-state index in [1.165, 1.54) is 13.2 Å². The molecule has 1 aliphatic heterocycles. The monoisotopic (exact) mass is 451 g/mol. The molecule has 4 rings (SSSR count). The Labute approximate surface area is 192 Å². The average Bonchev–Trinajstić information content (AvgIpc) is 3.26. The van der Waals surface area contributed by atoms with Crippen molar-refractivity contribution in [3.05, 3.63) is 81.7 Å². The van der Waals surface area contributed by atoms with Crippen LogP contribution in [0.3, 0.4) is 0 Å². The molecule has 1 atom stereocenters. The lowest BCUT2D eigenvalue weighted by Gasteiger charge is -2.26. The van der Waals surface area contributed by atoms with E-state index in [0.717, 1.165) is 5.56 Å². The lowest BCUT2D eigenvalue weighted by Crippen LogP contribution is -2.34. The Morgan fingerprint density at radius 3 is 2.73 bits per heavy atom. The van der Waals surface area contributed by atoms with Gasteiger partial charge in [-0.2, -0.15) is 0 Å². The van der Waals surface area contributed by atoms with Gasteiger partial charge in [-0.05, 0) is 36.8 Å². The maximum atomic E-state index is 13.6. The van der Waals surface area contributed by atoms with Crippen LogP contribution in [0.4, 0.5) is 0 Å². The lowest BCUT2D eigenvalue weighted by atomic mass is 10.1. The van der Waals surface area contributed by atoms with Gasteiger partial charge in [0.05, 0.1) is 19.4 Å². The van der Waals surface area contributed by atoms with E-state index < -0.39 is 0 Å². The Morgan fingerprint density at radius 2 is 2.03 bits per heavy atom. The van der Waals surface area contributed by atoms with Crippen molar-refractivity contribution in [2.75, 3.05) is 27.2 Å². The first-order valence-electron chi connectivity index (χ1n) is 11.0. The van der Waals surface area contributed by atoms with Gasteiger partial charge < -0.3 is 23.7 Å². The van der Waals surface area contributed by atoms with Crippen LogP contribution in [0.25, 0.3) is 0 Å². The van der Waals surface area contributed by atoms with Crippen LogP contribution in [0.1, 0.15) is 40.3 Å². The number of rotatable bonds is 6. The van der Waals surface area contributed by atoms with Crippen molar-refractivity contribution < 1.29 is 19.1 Å². The summed E-state index contributed by atoms with van der Waals surface area (Å²) in [5.74, 6) is 0.978. The van der Waals surface area contributed by atoms with Crippen LogP contribution in [-0.2, 0) is 19.5 Å². The van der Waals surface area contributed by atoms with Gasteiger partial charge in [0, 0.05) is 51.4 Å². The molecule has 0 saturated heterocycles.